The van der Waals surface area contributed by atoms with E-state index >= 15 is 0 Å². The van der Waals surface area contributed by atoms with Gasteiger partial charge in [-0.1, -0.05) is 11.8 Å². The number of amides is 2. The van der Waals surface area contributed by atoms with Gasteiger partial charge in [-0.3, -0.25) is 0 Å². The minimum absolute atomic E-state index is 0.250. The number of nitriles is 1. The van der Waals surface area contributed by atoms with Crippen molar-refractivity contribution in [2.24, 2.45) is 0 Å². The Morgan fingerprint density at radius 3 is 2.65 bits per heavy atom. The van der Waals surface area contributed by atoms with Crippen molar-refractivity contribution in [2.45, 2.75) is 45.7 Å². The van der Waals surface area contributed by atoms with E-state index in [1.807, 2.05) is 20.8 Å². The van der Waals surface area contributed by atoms with Gasteiger partial charge in [0.25, 0.3) is 0 Å². The predicted octanol–water partition coefficient (Wildman–Crippen LogP) is 2.49. The number of thioether (sulfide) groups is 1. The third-order valence-corrected chi connectivity index (χ3v) is 5.30. The topological polar surface area (TPSA) is 104 Å². The van der Waals surface area contributed by atoms with Gasteiger partial charge < -0.3 is 15.4 Å². The number of carbonyl (C=O) groups is 2. The van der Waals surface area contributed by atoms with Crippen LogP contribution in [0, 0.1) is 32.1 Å². The molecular formula is C18H22N4O3S. The molecule has 1 aromatic rings. The van der Waals surface area contributed by atoms with Crippen molar-refractivity contribution in [1.82, 2.24) is 15.6 Å². The van der Waals surface area contributed by atoms with Crippen LogP contribution in [0.2, 0.25) is 0 Å². The van der Waals surface area contributed by atoms with Crippen LogP contribution in [-0.4, -0.2) is 35.4 Å². The van der Waals surface area contributed by atoms with Crippen LogP contribution < -0.4 is 10.6 Å². The maximum Gasteiger partial charge on any atom is 0.337 e. The molecule has 0 spiro atoms. The zero-order valence-electron chi connectivity index (χ0n) is 15.5. The fraction of sp³-hybridized carbons (Fsp3) is 0.444. The number of carbonyl (C=O) groups excluding carboxylic acids is 2. The minimum atomic E-state index is -0.465. The Kier molecular flexibility index (Phi) is 6.27. The summed E-state index contributed by atoms with van der Waals surface area (Å²) in [7, 11) is 0. The first-order chi connectivity index (χ1) is 12.3. The van der Waals surface area contributed by atoms with Crippen LogP contribution in [0.1, 0.15) is 36.2 Å². The normalized spacial score (nSPS) is 16.6. The summed E-state index contributed by atoms with van der Waals surface area (Å²) >= 11 is 1.32. The number of aryl methyl sites for hydroxylation is 1. The van der Waals surface area contributed by atoms with Gasteiger partial charge in [0.1, 0.15) is 11.1 Å². The van der Waals surface area contributed by atoms with E-state index in [1.54, 1.807) is 13.8 Å². The van der Waals surface area contributed by atoms with Crippen molar-refractivity contribution < 1.29 is 14.3 Å². The highest BCUT2D eigenvalue weighted by Crippen LogP contribution is 2.29. The van der Waals surface area contributed by atoms with Gasteiger partial charge in [0.2, 0.25) is 0 Å². The largest absolute Gasteiger partial charge is 0.463 e. The van der Waals surface area contributed by atoms with E-state index in [4.69, 9.17) is 4.74 Å². The number of nitrogens with zero attached hydrogens (tertiary/aromatic N) is 2. The van der Waals surface area contributed by atoms with Crippen LogP contribution in [-0.2, 0) is 9.53 Å². The van der Waals surface area contributed by atoms with Gasteiger partial charge in [-0.05, 0) is 45.7 Å². The maximum absolute atomic E-state index is 12.3. The molecule has 7 nitrogen and oxygen atoms in total. The summed E-state index contributed by atoms with van der Waals surface area (Å²) in [5.74, 6) is -0.164. The minimum Gasteiger partial charge on any atom is -0.463 e. The second-order valence-corrected chi connectivity index (χ2v) is 6.92. The molecular weight excluding hydrogens is 352 g/mol. The lowest BCUT2D eigenvalue weighted by molar-refractivity contribution is -0.138. The van der Waals surface area contributed by atoms with Crippen molar-refractivity contribution in [3.63, 3.8) is 0 Å². The number of pyridine rings is 1. The van der Waals surface area contributed by atoms with Crippen molar-refractivity contribution >= 4 is 23.8 Å². The van der Waals surface area contributed by atoms with Crippen LogP contribution in [0.3, 0.4) is 0 Å². The second-order valence-electron chi connectivity index (χ2n) is 5.96. The Balaban J connectivity index is 2.37. The van der Waals surface area contributed by atoms with Gasteiger partial charge >= 0.3 is 12.0 Å². The second kappa shape index (κ2) is 8.23. The van der Waals surface area contributed by atoms with Crippen molar-refractivity contribution in [3.8, 4) is 6.07 Å². The van der Waals surface area contributed by atoms with Crippen LogP contribution in [0.15, 0.2) is 16.3 Å². The molecule has 26 heavy (non-hydrogen) atoms. The summed E-state index contributed by atoms with van der Waals surface area (Å²) in [5.41, 5.74) is 4.12. The Hall–Kier alpha value is -2.53. The van der Waals surface area contributed by atoms with Crippen LogP contribution in [0.4, 0.5) is 4.79 Å². The third kappa shape index (κ3) is 3.99. The average molecular weight is 374 g/mol. The number of urea groups is 1. The summed E-state index contributed by atoms with van der Waals surface area (Å²) < 4.78 is 5.10. The molecule has 1 aromatic heterocycles. The molecule has 0 radical (unpaired) electrons. The number of nitrogens with one attached hydrogen (secondary N) is 2. The first-order valence-corrected chi connectivity index (χ1v) is 9.27. The highest BCUT2D eigenvalue weighted by Gasteiger charge is 2.30. The molecule has 2 amide bonds. The Labute approximate surface area is 157 Å². The van der Waals surface area contributed by atoms with E-state index in [-0.39, 0.29) is 12.6 Å². The van der Waals surface area contributed by atoms with Gasteiger partial charge in [-0.15, -0.1) is 0 Å². The molecule has 0 saturated heterocycles. The summed E-state index contributed by atoms with van der Waals surface area (Å²) in [6.07, 6.45) is 0. The van der Waals surface area contributed by atoms with E-state index in [0.29, 0.717) is 27.6 Å². The van der Waals surface area contributed by atoms with Gasteiger partial charge in [-0.25, -0.2) is 14.6 Å². The van der Waals surface area contributed by atoms with Crippen molar-refractivity contribution in [1.29, 1.82) is 5.26 Å². The molecule has 0 aromatic carbocycles. The van der Waals surface area contributed by atoms with Gasteiger partial charge in [0.15, 0.2) is 0 Å². The number of ether oxygens (including phenoxy) is 1. The number of rotatable bonds is 5. The highest BCUT2D eigenvalue weighted by atomic mass is 32.2. The molecule has 138 valence electrons. The molecule has 8 heteroatoms. The van der Waals surface area contributed by atoms with E-state index < -0.39 is 12.0 Å². The lowest BCUT2D eigenvalue weighted by Gasteiger charge is -2.26. The van der Waals surface area contributed by atoms with Crippen LogP contribution in [0.5, 0.6) is 0 Å². The lowest BCUT2D eigenvalue weighted by atomic mass is 10.1. The molecule has 1 aliphatic rings. The smallest absolute Gasteiger partial charge is 0.337 e. The van der Waals surface area contributed by atoms with Gasteiger partial charge in [0, 0.05) is 17.1 Å². The van der Waals surface area contributed by atoms with E-state index in [0.717, 1.165) is 16.8 Å². The Morgan fingerprint density at radius 2 is 2.04 bits per heavy atom. The first-order valence-electron chi connectivity index (χ1n) is 8.28. The number of hydrogen-bond donors (Lipinski definition) is 2. The fourth-order valence-electron chi connectivity index (χ4n) is 2.68. The fourth-order valence-corrected chi connectivity index (χ4v) is 3.73. The third-order valence-electron chi connectivity index (χ3n) is 4.29. The number of aromatic nitrogens is 1. The molecule has 0 bridgehead atoms. The standard InChI is InChI=1S/C18H22N4O3S/c1-6-25-17(23)15-12(5)21-18(24)22-14(15)8-26-16-13(7-19)10(3)9(2)11(4)20-16/h12H,6,8H2,1-5H3,(H2,21,22,24)/t12-/m0/s1. The molecule has 2 rings (SSSR count). The molecule has 2 N–H and O–H groups in total. The summed E-state index contributed by atoms with van der Waals surface area (Å²) in [4.78, 5) is 28.6. The zero-order chi connectivity index (χ0) is 19.4. The van der Waals surface area contributed by atoms with E-state index in [1.165, 1.54) is 11.8 Å². The summed E-state index contributed by atoms with van der Waals surface area (Å²) in [6, 6.07) is 1.38. The van der Waals surface area contributed by atoms with Crippen LogP contribution in [0.25, 0.3) is 0 Å². The monoisotopic (exact) mass is 374 g/mol. The SMILES string of the molecule is CCOC(=O)C1=C(CSc2nc(C)c(C)c(C)c2C#N)NC(=O)N[C@H]1C. The average Bonchev–Trinajstić information content (AvgIpc) is 2.57. The Bertz CT molecular complexity index is 827. The number of hydrogen-bond acceptors (Lipinski definition) is 6. The summed E-state index contributed by atoms with van der Waals surface area (Å²) in [6.45, 7) is 9.43. The van der Waals surface area contributed by atoms with Gasteiger partial charge in [-0.2, -0.15) is 5.26 Å². The van der Waals surface area contributed by atoms with Gasteiger partial charge in [0.05, 0.1) is 23.8 Å². The lowest BCUT2D eigenvalue weighted by Crippen LogP contribution is -2.49. The molecule has 0 aliphatic carbocycles. The quantitative estimate of drug-likeness (QED) is 0.606. The zero-order valence-corrected chi connectivity index (χ0v) is 16.3. The first kappa shape index (κ1) is 19.8. The summed E-state index contributed by atoms with van der Waals surface area (Å²) in [5, 5.41) is 15.4. The van der Waals surface area contributed by atoms with Crippen molar-refractivity contribution in [2.75, 3.05) is 12.4 Å². The maximum atomic E-state index is 12.3. The molecule has 0 saturated carbocycles. The van der Waals surface area contributed by atoms with E-state index in [9.17, 15) is 14.9 Å². The molecule has 1 atom stereocenters. The van der Waals surface area contributed by atoms with E-state index in [2.05, 4.69) is 21.7 Å². The molecule has 0 fully saturated rings. The molecule has 0 unspecified atom stereocenters. The molecule has 1 aliphatic heterocycles. The Morgan fingerprint density at radius 1 is 1.35 bits per heavy atom. The predicted molar refractivity (Wildman–Crippen MR) is 98.7 cm³/mol. The molecule has 2 heterocycles. The van der Waals surface area contributed by atoms with Crippen LogP contribution >= 0.6 is 11.8 Å². The van der Waals surface area contributed by atoms with Crippen molar-refractivity contribution in [3.05, 3.63) is 33.7 Å². The number of esters is 1. The highest BCUT2D eigenvalue weighted by molar-refractivity contribution is 7.99.